The molecular weight excluding hydrogens is 358 g/mol. The second kappa shape index (κ2) is 13.8. The fraction of sp³-hybridized carbons (Fsp3) is 0.467. The molecule has 0 atom stereocenters. The van der Waals surface area contributed by atoms with Crippen molar-refractivity contribution in [3.05, 3.63) is 18.3 Å². The number of nitrogens with one attached hydrogen (secondary N) is 1. The van der Waals surface area contributed by atoms with Crippen molar-refractivity contribution in [2.45, 2.75) is 39.2 Å². The van der Waals surface area contributed by atoms with E-state index in [4.69, 9.17) is 21.7 Å². The lowest BCUT2D eigenvalue weighted by Gasteiger charge is -2.01. The molecule has 12 nitrogen and oxygen atoms in total. The second-order valence-corrected chi connectivity index (χ2v) is 5.15. The Balaban J connectivity index is 0.000000713. The van der Waals surface area contributed by atoms with Crippen molar-refractivity contribution in [3.63, 3.8) is 0 Å². The van der Waals surface area contributed by atoms with Gasteiger partial charge in [0.1, 0.15) is 0 Å². The summed E-state index contributed by atoms with van der Waals surface area (Å²) in [5, 5.41) is 26.8. The van der Waals surface area contributed by atoms with Crippen LogP contribution in [0.25, 0.3) is 0 Å². The molecule has 0 saturated heterocycles. The van der Waals surface area contributed by atoms with Crippen LogP contribution in [0.3, 0.4) is 0 Å². The van der Waals surface area contributed by atoms with Gasteiger partial charge in [0.15, 0.2) is 11.8 Å². The highest BCUT2D eigenvalue weighted by molar-refractivity contribution is 5.91. The number of rotatable bonds is 10. The van der Waals surface area contributed by atoms with E-state index >= 15 is 0 Å². The zero-order chi connectivity index (χ0) is 20.7. The van der Waals surface area contributed by atoms with Gasteiger partial charge in [-0.1, -0.05) is 6.92 Å². The van der Waals surface area contributed by atoms with Crippen LogP contribution in [0.5, 0.6) is 0 Å². The Morgan fingerprint density at radius 1 is 1.22 bits per heavy atom. The summed E-state index contributed by atoms with van der Waals surface area (Å²) in [5.41, 5.74) is 10.7. The Hall–Kier alpha value is -3.44. The summed E-state index contributed by atoms with van der Waals surface area (Å²) in [6.07, 6.45) is 5.57. The molecule has 12 heteroatoms. The molecule has 1 heterocycles. The highest BCUT2D eigenvalue weighted by Gasteiger charge is 2.02. The first-order valence-corrected chi connectivity index (χ1v) is 8.13. The van der Waals surface area contributed by atoms with Crippen molar-refractivity contribution in [3.8, 4) is 0 Å². The van der Waals surface area contributed by atoms with Gasteiger partial charge in [-0.3, -0.25) is 9.79 Å². The maximum Gasteiger partial charge on any atom is 0.328 e. The van der Waals surface area contributed by atoms with Crippen molar-refractivity contribution in [2.75, 3.05) is 11.9 Å². The molecule has 0 aliphatic rings. The lowest BCUT2D eigenvalue weighted by molar-refractivity contribution is -0.134. The molecule has 1 aromatic rings. The number of carboxylic acids is 2. The first kappa shape index (κ1) is 23.6. The van der Waals surface area contributed by atoms with E-state index in [-0.39, 0.29) is 5.91 Å². The van der Waals surface area contributed by atoms with Crippen molar-refractivity contribution in [2.24, 2.45) is 16.5 Å². The van der Waals surface area contributed by atoms with Gasteiger partial charge < -0.3 is 27.0 Å². The van der Waals surface area contributed by atoms with E-state index in [0.29, 0.717) is 43.4 Å². The van der Waals surface area contributed by atoms with Gasteiger partial charge in [-0.05, 0) is 19.3 Å². The molecule has 7 N–H and O–H groups in total. The van der Waals surface area contributed by atoms with Gasteiger partial charge in [0.2, 0.25) is 5.91 Å². The minimum Gasteiger partial charge on any atom is -0.478 e. The van der Waals surface area contributed by atoms with Gasteiger partial charge in [-0.2, -0.15) is 9.90 Å². The van der Waals surface area contributed by atoms with Gasteiger partial charge in [-0.25, -0.2) is 9.59 Å². The Kier molecular flexibility index (Phi) is 12.0. The van der Waals surface area contributed by atoms with Crippen LogP contribution >= 0.6 is 0 Å². The zero-order valence-corrected chi connectivity index (χ0v) is 15.0. The lowest BCUT2D eigenvalue weighted by Crippen LogP contribution is -2.23. The van der Waals surface area contributed by atoms with Crippen molar-refractivity contribution in [1.82, 2.24) is 15.0 Å². The number of aliphatic imine (C=N–C) groups is 1. The Morgan fingerprint density at radius 3 is 2.37 bits per heavy atom. The maximum absolute atomic E-state index is 10.6. The molecule has 27 heavy (non-hydrogen) atoms. The molecule has 0 spiro atoms. The van der Waals surface area contributed by atoms with Gasteiger partial charge in [0, 0.05) is 25.1 Å². The molecule has 150 valence electrons. The van der Waals surface area contributed by atoms with E-state index in [2.05, 4.69) is 20.5 Å². The molecular formula is C15H25N7O5. The Morgan fingerprint density at radius 2 is 1.85 bits per heavy atom. The van der Waals surface area contributed by atoms with Crippen LogP contribution in [0.2, 0.25) is 0 Å². The van der Waals surface area contributed by atoms with Crippen LogP contribution in [0.15, 0.2) is 23.3 Å². The number of primary amides is 1. The van der Waals surface area contributed by atoms with Crippen LogP contribution in [-0.2, 0) is 20.9 Å². The number of unbranched alkanes of at least 4 members (excludes halogenated alkanes) is 1. The quantitative estimate of drug-likeness (QED) is 0.157. The summed E-state index contributed by atoms with van der Waals surface area (Å²) in [4.78, 5) is 35.3. The third-order valence-electron chi connectivity index (χ3n) is 2.70. The van der Waals surface area contributed by atoms with Crippen LogP contribution in [0.4, 0.5) is 5.82 Å². The smallest absolute Gasteiger partial charge is 0.328 e. The van der Waals surface area contributed by atoms with E-state index < -0.39 is 11.9 Å². The summed E-state index contributed by atoms with van der Waals surface area (Å²) in [6, 6.07) is 0. The molecule has 1 amide bonds. The Labute approximate surface area is 155 Å². The molecule has 1 rings (SSSR count). The number of aromatic nitrogens is 3. The number of carbonyl (C=O) groups excluding carboxylic acids is 1. The first-order chi connectivity index (χ1) is 12.7. The number of aliphatic carboxylic acids is 2. The molecule has 0 radical (unpaired) electrons. The minimum absolute atomic E-state index is 0.282. The maximum atomic E-state index is 10.6. The van der Waals surface area contributed by atoms with E-state index in [9.17, 15) is 14.4 Å². The fourth-order valence-corrected chi connectivity index (χ4v) is 1.56. The van der Waals surface area contributed by atoms with Gasteiger partial charge in [0.25, 0.3) is 0 Å². The first-order valence-electron chi connectivity index (χ1n) is 8.13. The van der Waals surface area contributed by atoms with Crippen molar-refractivity contribution < 1.29 is 24.6 Å². The fourth-order valence-electron chi connectivity index (χ4n) is 1.56. The predicted octanol–water partition coefficient (Wildman–Crippen LogP) is -0.218. The minimum atomic E-state index is -1.26. The van der Waals surface area contributed by atoms with E-state index in [1.807, 2.05) is 6.92 Å². The summed E-state index contributed by atoms with van der Waals surface area (Å²) in [6.45, 7) is 3.35. The number of carboxylic acid groups (broad SMARTS) is 2. The molecule has 0 aliphatic carbocycles. The standard InChI is InChI=1S/C11H21N7O.C4H4O4/c1-2-6-14-11(13)16-10-8-15-18(17-10)7-4-3-5-9(12)19;5-3(6)1-2-4(7)8/h8H,2-7H2,1H3,(H2,12,19)(H3,13,14,16,17);1-2H,(H,5,6)(H,7,8)/b;2-1-. The molecule has 1 aromatic heterocycles. The normalized spacial score (nSPS) is 10.9. The van der Waals surface area contributed by atoms with Gasteiger partial charge >= 0.3 is 11.9 Å². The average Bonchev–Trinajstić information content (AvgIpc) is 3.02. The average molecular weight is 383 g/mol. The molecule has 0 unspecified atom stereocenters. The number of hydrogen-bond donors (Lipinski definition) is 5. The largest absolute Gasteiger partial charge is 0.478 e. The number of nitrogens with zero attached hydrogens (tertiary/aromatic N) is 4. The third kappa shape index (κ3) is 14.6. The van der Waals surface area contributed by atoms with E-state index in [1.54, 1.807) is 11.0 Å². The third-order valence-corrected chi connectivity index (χ3v) is 2.70. The Bertz CT molecular complexity index is 653. The second-order valence-electron chi connectivity index (χ2n) is 5.15. The highest BCUT2D eigenvalue weighted by atomic mass is 16.4. The van der Waals surface area contributed by atoms with Crippen molar-refractivity contribution in [1.29, 1.82) is 0 Å². The topological polar surface area (TPSA) is 199 Å². The molecule has 0 saturated carbocycles. The van der Waals surface area contributed by atoms with E-state index in [0.717, 1.165) is 19.3 Å². The number of aryl methyl sites for hydroxylation is 1. The zero-order valence-electron chi connectivity index (χ0n) is 15.0. The molecule has 0 fully saturated rings. The van der Waals surface area contributed by atoms with Crippen LogP contribution in [0.1, 0.15) is 32.6 Å². The number of guanidine groups is 1. The van der Waals surface area contributed by atoms with Gasteiger partial charge in [0.05, 0.1) is 12.7 Å². The highest BCUT2D eigenvalue weighted by Crippen LogP contribution is 2.01. The SMILES string of the molecule is CCCN=C(N)Nc1cnn(CCCCC(N)=O)n1.O=C(O)/C=C\C(=O)O. The van der Waals surface area contributed by atoms with Crippen LogP contribution in [-0.4, -0.2) is 55.6 Å². The summed E-state index contributed by atoms with van der Waals surface area (Å²) in [5.74, 6) is -1.90. The number of carbonyl (C=O) groups is 3. The lowest BCUT2D eigenvalue weighted by atomic mass is 10.2. The van der Waals surface area contributed by atoms with Gasteiger partial charge in [-0.15, -0.1) is 5.10 Å². The summed E-state index contributed by atoms with van der Waals surface area (Å²) in [7, 11) is 0. The molecule has 0 aliphatic heterocycles. The summed E-state index contributed by atoms with van der Waals surface area (Å²) >= 11 is 0. The monoisotopic (exact) mass is 383 g/mol. The number of anilines is 1. The van der Waals surface area contributed by atoms with Crippen molar-refractivity contribution >= 4 is 29.6 Å². The molecule has 0 bridgehead atoms. The van der Waals surface area contributed by atoms with E-state index in [1.165, 1.54) is 0 Å². The summed E-state index contributed by atoms with van der Waals surface area (Å²) < 4.78 is 0. The van der Waals surface area contributed by atoms with Crippen LogP contribution < -0.4 is 16.8 Å². The molecule has 0 aromatic carbocycles. The number of nitrogens with two attached hydrogens (primary N) is 2. The predicted molar refractivity (Wildman–Crippen MR) is 97.9 cm³/mol. The van der Waals surface area contributed by atoms with Crippen LogP contribution in [0, 0.1) is 0 Å². The number of amides is 1. The number of hydrogen-bond acceptors (Lipinski definition) is 6.